The fourth-order valence-corrected chi connectivity index (χ4v) is 3.30. The Morgan fingerprint density at radius 2 is 2.20 bits per heavy atom. The molecule has 1 fully saturated rings. The van der Waals surface area contributed by atoms with Gasteiger partial charge in [-0.1, -0.05) is 0 Å². The first-order valence-corrected chi connectivity index (χ1v) is 6.50. The van der Waals surface area contributed by atoms with Crippen molar-refractivity contribution in [2.24, 2.45) is 0 Å². The molecule has 0 atom stereocenters. The van der Waals surface area contributed by atoms with Gasteiger partial charge in [0.25, 0.3) is 0 Å². The summed E-state index contributed by atoms with van der Waals surface area (Å²) in [7, 11) is 0. The zero-order valence-corrected chi connectivity index (χ0v) is 9.52. The van der Waals surface area contributed by atoms with Gasteiger partial charge < -0.3 is 10.2 Å². The molecule has 1 aromatic rings. The van der Waals surface area contributed by atoms with E-state index in [-0.39, 0.29) is 0 Å². The van der Waals surface area contributed by atoms with Crippen LogP contribution in [0.5, 0.6) is 0 Å². The van der Waals surface area contributed by atoms with Gasteiger partial charge in [0.15, 0.2) is 0 Å². The Hall–Kier alpha value is -0.740. The summed E-state index contributed by atoms with van der Waals surface area (Å²) in [5.74, 6) is 2.46. The van der Waals surface area contributed by atoms with Gasteiger partial charge in [-0.25, -0.2) is 4.98 Å². The molecule has 3 nitrogen and oxygen atoms in total. The quantitative estimate of drug-likeness (QED) is 0.770. The van der Waals surface area contributed by atoms with Crippen LogP contribution in [0.3, 0.4) is 0 Å². The van der Waals surface area contributed by atoms with Crippen molar-refractivity contribution in [2.45, 2.75) is 11.3 Å². The first kappa shape index (κ1) is 9.48. The maximum absolute atomic E-state index is 4.56. The van der Waals surface area contributed by atoms with E-state index >= 15 is 0 Å². The summed E-state index contributed by atoms with van der Waals surface area (Å²) in [6.45, 7) is 4.35. The highest BCUT2D eigenvalue weighted by Gasteiger charge is 2.21. The van der Waals surface area contributed by atoms with E-state index in [4.69, 9.17) is 0 Å². The largest absolute Gasteiger partial charge is 0.354 e. The third kappa shape index (κ3) is 1.72. The molecule has 15 heavy (non-hydrogen) atoms. The number of aromatic nitrogens is 1. The molecule has 2 aliphatic heterocycles. The van der Waals surface area contributed by atoms with Crippen LogP contribution in [0.15, 0.2) is 17.2 Å². The Bertz CT molecular complexity index is 361. The van der Waals surface area contributed by atoms with Crippen LogP contribution in [0.4, 0.5) is 5.82 Å². The maximum atomic E-state index is 4.56. The molecule has 2 aliphatic rings. The minimum atomic E-state index is 1.08. The van der Waals surface area contributed by atoms with Crippen molar-refractivity contribution >= 4 is 17.6 Å². The smallest absolute Gasteiger partial charge is 0.132 e. The summed E-state index contributed by atoms with van der Waals surface area (Å²) in [6.07, 6.45) is 3.14. The second-order valence-corrected chi connectivity index (χ2v) is 5.08. The number of hydrogen-bond donors (Lipinski definition) is 1. The molecule has 3 rings (SSSR count). The van der Waals surface area contributed by atoms with Crippen molar-refractivity contribution in [1.82, 2.24) is 10.3 Å². The van der Waals surface area contributed by atoms with E-state index in [1.54, 1.807) is 0 Å². The fraction of sp³-hybridized carbons (Fsp3) is 0.545. The molecule has 0 radical (unpaired) electrons. The zero-order valence-electron chi connectivity index (χ0n) is 8.70. The molecule has 1 saturated heterocycles. The second kappa shape index (κ2) is 4.02. The molecule has 0 amide bonds. The number of fused-ring (bicyclic) bond motifs is 1. The summed E-state index contributed by atoms with van der Waals surface area (Å²) < 4.78 is 0. The molecule has 0 saturated carbocycles. The van der Waals surface area contributed by atoms with Crippen LogP contribution < -0.4 is 10.2 Å². The number of hydrogen-bond acceptors (Lipinski definition) is 4. The van der Waals surface area contributed by atoms with Gasteiger partial charge in [-0.2, -0.15) is 0 Å². The van der Waals surface area contributed by atoms with E-state index in [1.807, 2.05) is 18.0 Å². The Kier molecular flexibility index (Phi) is 2.54. The Balaban J connectivity index is 1.93. The fourth-order valence-electron chi connectivity index (χ4n) is 2.25. The molecule has 1 aromatic heterocycles. The molecule has 1 N–H and O–H groups in total. The van der Waals surface area contributed by atoms with E-state index in [2.05, 4.69) is 21.3 Å². The summed E-state index contributed by atoms with van der Waals surface area (Å²) in [4.78, 5) is 8.42. The molecule has 0 aliphatic carbocycles. The van der Waals surface area contributed by atoms with Crippen LogP contribution in [-0.4, -0.2) is 36.9 Å². The minimum absolute atomic E-state index is 1.08. The summed E-state index contributed by atoms with van der Waals surface area (Å²) in [5, 5.41) is 3.38. The number of nitrogens with one attached hydrogen (secondary N) is 1. The van der Waals surface area contributed by atoms with Crippen molar-refractivity contribution in [3.05, 3.63) is 17.8 Å². The topological polar surface area (TPSA) is 28.2 Å². The first-order valence-electron chi connectivity index (χ1n) is 5.51. The standard InChI is InChI=1S/C11H15N3S/c1-3-13-11(9-2-8-15-10(1)9)14-6-4-12-5-7-14/h1,3,12H,2,4-8H2. The lowest BCUT2D eigenvalue weighted by Crippen LogP contribution is -2.44. The highest BCUT2D eigenvalue weighted by atomic mass is 32.2. The predicted octanol–water partition coefficient (Wildman–Crippen LogP) is 1.14. The highest BCUT2D eigenvalue weighted by molar-refractivity contribution is 7.99. The van der Waals surface area contributed by atoms with E-state index in [0.717, 1.165) is 26.2 Å². The van der Waals surface area contributed by atoms with E-state index in [0.29, 0.717) is 0 Å². The van der Waals surface area contributed by atoms with Gasteiger partial charge in [-0.15, -0.1) is 11.8 Å². The monoisotopic (exact) mass is 221 g/mol. The number of thioether (sulfide) groups is 1. The molecule has 0 bridgehead atoms. The van der Waals surface area contributed by atoms with Crippen molar-refractivity contribution in [1.29, 1.82) is 0 Å². The number of rotatable bonds is 1. The molecular formula is C11H15N3S. The lowest BCUT2D eigenvalue weighted by molar-refractivity contribution is 0.583. The van der Waals surface area contributed by atoms with Crippen molar-refractivity contribution in [3.63, 3.8) is 0 Å². The van der Waals surface area contributed by atoms with Gasteiger partial charge >= 0.3 is 0 Å². The molecule has 80 valence electrons. The minimum Gasteiger partial charge on any atom is -0.354 e. The van der Waals surface area contributed by atoms with Crippen LogP contribution in [0.2, 0.25) is 0 Å². The van der Waals surface area contributed by atoms with Gasteiger partial charge in [0, 0.05) is 48.6 Å². The Labute approximate surface area is 94.3 Å². The highest BCUT2D eigenvalue weighted by Crippen LogP contribution is 2.35. The van der Waals surface area contributed by atoms with Crippen molar-refractivity contribution < 1.29 is 0 Å². The maximum Gasteiger partial charge on any atom is 0.132 e. The number of anilines is 1. The molecule has 3 heterocycles. The SMILES string of the molecule is c1cc2c(c(N3CCNCC3)n1)CCS2. The van der Waals surface area contributed by atoms with Crippen LogP contribution in [-0.2, 0) is 6.42 Å². The number of nitrogens with zero attached hydrogens (tertiary/aromatic N) is 2. The molecule has 0 spiro atoms. The lowest BCUT2D eigenvalue weighted by atomic mass is 10.2. The Morgan fingerprint density at radius 3 is 3.07 bits per heavy atom. The summed E-state index contributed by atoms with van der Waals surface area (Å²) in [6, 6.07) is 2.15. The first-order chi connectivity index (χ1) is 7.45. The van der Waals surface area contributed by atoms with Crippen molar-refractivity contribution in [3.8, 4) is 0 Å². The second-order valence-electron chi connectivity index (χ2n) is 3.95. The average Bonchev–Trinajstić information content (AvgIpc) is 2.78. The molecule has 4 heteroatoms. The number of piperazine rings is 1. The third-order valence-corrected chi connectivity index (χ3v) is 4.12. The van der Waals surface area contributed by atoms with Crippen LogP contribution in [0.25, 0.3) is 0 Å². The Morgan fingerprint density at radius 1 is 1.33 bits per heavy atom. The molecular weight excluding hydrogens is 206 g/mol. The average molecular weight is 221 g/mol. The van der Waals surface area contributed by atoms with Crippen LogP contribution in [0, 0.1) is 0 Å². The third-order valence-electron chi connectivity index (χ3n) is 3.02. The molecule has 0 unspecified atom stereocenters. The lowest BCUT2D eigenvalue weighted by Gasteiger charge is -2.29. The van der Waals surface area contributed by atoms with Gasteiger partial charge in [-0.3, -0.25) is 0 Å². The van der Waals surface area contributed by atoms with Crippen molar-refractivity contribution in [2.75, 3.05) is 36.8 Å². The normalized spacial score (nSPS) is 20.4. The summed E-state index contributed by atoms with van der Waals surface area (Å²) in [5.41, 5.74) is 1.48. The zero-order chi connectivity index (χ0) is 10.1. The van der Waals surface area contributed by atoms with E-state index < -0.39 is 0 Å². The van der Waals surface area contributed by atoms with E-state index in [9.17, 15) is 0 Å². The number of pyridine rings is 1. The van der Waals surface area contributed by atoms with Gasteiger partial charge in [-0.05, 0) is 12.5 Å². The van der Waals surface area contributed by atoms with Gasteiger partial charge in [0.2, 0.25) is 0 Å². The van der Waals surface area contributed by atoms with Crippen LogP contribution >= 0.6 is 11.8 Å². The van der Waals surface area contributed by atoms with Gasteiger partial charge in [0.1, 0.15) is 5.82 Å². The van der Waals surface area contributed by atoms with Gasteiger partial charge in [0.05, 0.1) is 0 Å². The van der Waals surface area contributed by atoms with E-state index in [1.165, 1.54) is 28.5 Å². The summed E-state index contributed by atoms with van der Waals surface area (Å²) >= 11 is 1.96. The predicted molar refractivity (Wildman–Crippen MR) is 63.7 cm³/mol. The van der Waals surface area contributed by atoms with Crippen LogP contribution in [0.1, 0.15) is 5.56 Å². The molecule has 0 aromatic carbocycles.